The first-order valence-electron chi connectivity index (χ1n) is 11.6. The van der Waals surface area contributed by atoms with Crippen molar-refractivity contribution in [3.63, 3.8) is 0 Å². The Balaban J connectivity index is 1.25. The van der Waals surface area contributed by atoms with E-state index in [0.29, 0.717) is 18.3 Å². The van der Waals surface area contributed by atoms with E-state index in [2.05, 4.69) is 20.3 Å². The second-order valence-electron chi connectivity index (χ2n) is 8.66. The van der Waals surface area contributed by atoms with Gasteiger partial charge in [-0.1, -0.05) is 6.07 Å². The molecule has 3 aromatic rings. The third-order valence-corrected chi connectivity index (χ3v) is 6.32. The van der Waals surface area contributed by atoms with E-state index in [1.165, 1.54) is 5.56 Å². The molecule has 0 aliphatic heterocycles. The Hall–Kier alpha value is -3.15. The normalized spacial score (nSPS) is 18.3. The minimum atomic E-state index is 0.157. The lowest BCUT2D eigenvalue weighted by atomic mass is 9.79. The molecule has 1 aliphatic rings. The molecule has 0 radical (unpaired) electrons. The Morgan fingerprint density at radius 3 is 2.59 bits per heavy atom. The summed E-state index contributed by atoms with van der Waals surface area (Å²) in [6, 6.07) is 9.97. The molecule has 0 unspecified atom stereocenters. The molecule has 1 N–H and O–H groups in total. The van der Waals surface area contributed by atoms with E-state index in [4.69, 9.17) is 4.98 Å². The number of carbonyl (C=O) groups excluding carboxylic acids is 1. The molecule has 166 valence electrons. The zero-order valence-corrected chi connectivity index (χ0v) is 18.7. The van der Waals surface area contributed by atoms with Gasteiger partial charge in [0.05, 0.1) is 11.4 Å². The summed E-state index contributed by atoms with van der Waals surface area (Å²) in [5.41, 5.74) is 4.33. The van der Waals surface area contributed by atoms with Crippen LogP contribution in [-0.4, -0.2) is 32.4 Å². The van der Waals surface area contributed by atoms with Crippen LogP contribution >= 0.6 is 0 Å². The summed E-state index contributed by atoms with van der Waals surface area (Å²) in [5, 5.41) is 3.15. The maximum atomic E-state index is 12.3. The SMILES string of the molecule is Cc1ncc(-c2ccccn2)c(C2CCC(CNC(=O)CCCc3ccncc3)CC2)n1. The fourth-order valence-electron chi connectivity index (χ4n) is 4.51. The molecule has 1 amide bonds. The van der Waals surface area contributed by atoms with Gasteiger partial charge in [0.15, 0.2) is 0 Å². The highest BCUT2D eigenvalue weighted by Crippen LogP contribution is 2.38. The number of hydrogen-bond acceptors (Lipinski definition) is 5. The van der Waals surface area contributed by atoms with Crippen molar-refractivity contribution in [2.75, 3.05) is 6.54 Å². The molecule has 0 atom stereocenters. The van der Waals surface area contributed by atoms with Crippen LogP contribution in [0, 0.1) is 12.8 Å². The van der Waals surface area contributed by atoms with Crippen LogP contribution in [0.4, 0.5) is 0 Å². The van der Waals surface area contributed by atoms with Crippen LogP contribution in [0.25, 0.3) is 11.3 Å². The van der Waals surface area contributed by atoms with Gasteiger partial charge in [0.2, 0.25) is 5.91 Å². The monoisotopic (exact) mass is 429 g/mol. The zero-order chi connectivity index (χ0) is 22.2. The van der Waals surface area contributed by atoms with Crippen LogP contribution in [0.1, 0.15) is 61.5 Å². The molecule has 3 heterocycles. The minimum Gasteiger partial charge on any atom is -0.356 e. The van der Waals surface area contributed by atoms with Gasteiger partial charge in [-0.05, 0) is 81.2 Å². The molecule has 4 rings (SSSR count). The largest absolute Gasteiger partial charge is 0.356 e. The van der Waals surface area contributed by atoms with Crippen molar-refractivity contribution in [2.24, 2.45) is 5.92 Å². The van der Waals surface area contributed by atoms with Gasteiger partial charge in [-0.3, -0.25) is 14.8 Å². The van der Waals surface area contributed by atoms with Gasteiger partial charge in [0.1, 0.15) is 5.82 Å². The maximum absolute atomic E-state index is 12.3. The number of pyridine rings is 2. The van der Waals surface area contributed by atoms with Gasteiger partial charge in [0.25, 0.3) is 0 Å². The van der Waals surface area contributed by atoms with Crippen LogP contribution < -0.4 is 5.32 Å². The van der Waals surface area contributed by atoms with E-state index in [1.54, 1.807) is 12.4 Å². The van der Waals surface area contributed by atoms with Gasteiger partial charge in [0, 0.05) is 49.2 Å². The highest BCUT2D eigenvalue weighted by atomic mass is 16.1. The van der Waals surface area contributed by atoms with E-state index in [1.807, 2.05) is 49.6 Å². The molecular weight excluding hydrogens is 398 g/mol. The predicted molar refractivity (Wildman–Crippen MR) is 125 cm³/mol. The van der Waals surface area contributed by atoms with Gasteiger partial charge in [-0.15, -0.1) is 0 Å². The van der Waals surface area contributed by atoms with Crippen molar-refractivity contribution in [3.05, 3.63) is 72.2 Å². The van der Waals surface area contributed by atoms with Gasteiger partial charge >= 0.3 is 0 Å². The summed E-state index contributed by atoms with van der Waals surface area (Å²) in [7, 11) is 0. The van der Waals surface area contributed by atoms with Crippen molar-refractivity contribution in [1.29, 1.82) is 0 Å². The lowest BCUT2D eigenvalue weighted by Gasteiger charge is -2.29. The number of amides is 1. The first-order chi connectivity index (χ1) is 15.7. The van der Waals surface area contributed by atoms with Crippen LogP contribution in [0.5, 0.6) is 0 Å². The van der Waals surface area contributed by atoms with Crippen molar-refractivity contribution >= 4 is 5.91 Å². The highest BCUT2D eigenvalue weighted by molar-refractivity contribution is 5.75. The summed E-state index contributed by atoms with van der Waals surface area (Å²) < 4.78 is 0. The first kappa shape index (κ1) is 22.1. The van der Waals surface area contributed by atoms with Crippen LogP contribution in [-0.2, 0) is 11.2 Å². The van der Waals surface area contributed by atoms with Crippen LogP contribution in [0.3, 0.4) is 0 Å². The van der Waals surface area contributed by atoms with E-state index in [-0.39, 0.29) is 5.91 Å². The zero-order valence-electron chi connectivity index (χ0n) is 18.7. The molecular formula is C26H31N5O. The second-order valence-corrected chi connectivity index (χ2v) is 8.66. The number of aryl methyl sites for hydroxylation is 2. The minimum absolute atomic E-state index is 0.157. The molecule has 3 aromatic heterocycles. The maximum Gasteiger partial charge on any atom is 0.220 e. The third-order valence-electron chi connectivity index (χ3n) is 6.32. The summed E-state index contributed by atoms with van der Waals surface area (Å²) in [6.45, 7) is 2.72. The number of carbonyl (C=O) groups is 1. The smallest absolute Gasteiger partial charge is 0.220 e. The summed E-state index contributed by atoms with van der Waals surface area (Å²) in [5.74, 6) is 1.92. The average Bonchev–Trinajstić information content (AvgIpc) is 2.84. The Morgan fingerprint density at radius 2 is 1.84 bits per heavy atom. The van der Waals surface area contributed by atoms with E-state index in [0.717, 1.165) is 67.8 Å². The lowest BCUT2D eigenvalue weighted by molar-refractivity contribution is -0.121. The lowest BCUT2D eigenvalue weighted by Crippen LogP contribution is -2.31. The average molecular weight is 430 g/mol. The topological polar surface area (TPSA) is 80.7 Å². The van der Waals surface area contributed by atoms with Crippen LogP contribution in [0.15, 0.2) is 55.1 Å². The molecule has 0 aromatic carbocycles. The molecule has 1 saturated carbocycles. The van der Waals surface area contributed by atoms with Gasteiger partial charge < -0.3 is 5.32 Å². The van der Waals surface area contributed by atoms with Crippen molar-refractivity contribution < 1.29 is 4.79 Å². The molecule has 6 heteroatoms. The Labute approximate surface area is 190 Å². The Bertz CT molecular complexity index is 1000. The molecule has 1 aliphatic carbocycles. The predicted octanol–water partition coefficient (Wildman–Crippen LogP) is 4.65. The quantitative estimate of drug-likeness (QED) is 0.563. The standard InChI is InChI=1S/C26H31N5O/c1-19-29-18-23(24-6-2-3-14-28-24)26(31-19)22-10-8-21(9-11-22)17-30-25(32)7-4-5-20-12-15-27-16-13-20/h2-3,6,12-16,18,21-22H,4-5,7-11,17H2,1H3,(H,30,32). The third kappa shape index (κ3) is 5.96. The summed E-state index contributed by atoms with van der Waals surface area (Å²) in [6.07, 6.45) is 14.1. The fraction of sp³-hybridized carbons (Fsp3) is 0.423. The molecule has 6 nitrogen and oxygen atoms in total. The van der Waals surface area contributed by atoms with Crippen molar-refractivity contribution in [1.82, 2.24) is 25.3 Å². The summed E-state index contributed by atoms with van der Waals surface area (Å²) >= 11 is 0. The van der Waals surface area contributed by atoms with E-state index < -0.39 is 0 Å². The number of nitrogens with zero attached hydrogens (tertiary/aromatic N) is 4. The summed E-state index contributed by atoms with van der Waals surface area (Å²) in [4.78, 5) is 30.0. The van der Waals surface area contributed by atoms with E-state index in [9.17, 15) is 4.79 Å². The first-order valence-corrected chi connectivity index (χ1v) is 11.6. The number of rotatable bonds is 8. The van der Waals surface area contributed by atoms with Gasteiger partial charge in [-0.2, -0.15) is 0 Å². The van der Waals surface area contributed by atoms with Crippen molar-refractivity contribution in [2.45, 2.75) is 57.8 Å². The number of nitrogens with one attached hydrogen (secondary N) is 1. The molecule has 1 fully saturated rings. The van der Waals surface area contributed by atoms with Gasteiger partial charge in [-0.25, -0.2) is 9.97 Å². The molecule has 0 saturated heterocycles. The highest BCUT2D eigenvalue weighted by Gasteiger charge is 2.26. The van der Waals surface area contributed by atoms with Crippen molar-refractivity contribution in [3.8, 4) is 11.3 Å². The Morgan fingerprint density at radius 1 is 1.03 bits per heavy atom. The van der Waals surface area contributed by atoms with E-state index >= 15 is 0 Å². The molecule has 0 spiro atoms. The second kappa shape index (κ2) is 10.9. The van der Waals surface area contributed by atoms with Crippen LogP contribution in [0.2, 0.25) is 0 Å². The fourth-order valence-corrected chi connectivity index (χ4v) is 4.51. The molecule has 32 heavy (non-hydrogen) atoms. The molecule has 0 bridgehead atoms. The number of aromatic nitrogens is 4. The number of hydrogen-bond donors (Lipinski definition) is 1. The Kier molecular flexibility index (Phi) is 7.54.